The monoisotopic (exact) mass is 283 g/mol. The predicted molar refractivity (Wildman–Crippen MR) is 61.6 cm³/mol. The van der Waals surface area contributed by atoms with Crippen molar-refractivity contribution in [3.63, 3.8) is 0 Å². The summed E-state index contributed by atoms with van der Waals surface area (Å²) in [6.07, 6.45) is -1.30. The Morgan fingerprint density at radius 2 is 2.28 bits per heavy atom. The second-order valence-electron chi connectivity index (χ2n) is 3.63. The number of carbonyl (C=O) groups is 1. The number of aryl methyl sites for hydroxylation is 1. The van der Waals surface area contributed by atoms with Crippen LogP contribution in [0, 0.1) is 6.92 Å². The predicted octanol–water partition coefficient (Wildman–Crippen LogP) is 2.46. The van der Waals surface area contributed by atoms with Gasteiger partial charge in [-0.2, -0.15) is 8.78 Å². The lowest BCUT2D eigenvalue weighted by atomic mass is 10.1. The molecule has 0 bridgehead atoms. The molecule has 0 saturated carbocycles. The molecule has 2 amide bonds. The molecule has 0 radical (unpaired) electrons. The van der Waals surface area contributed by atoms with Crippen molar-refractivity contribution in [2.75, 3.05) is 12.4 Å². The van der Waals surface area contributed by atoms with Crippen molar-refractivity contribution < 1.29 is 18.0 Å². The zero-order valence-electron chi connectivity index (χ0n) is 9.57. The van der Waals surface area contributed by atoms with Crippen LogP contribution in [0.5, 0.6) is 0 Å². The standard InChI is InChI=1S/C10H13ClF3N3O/c1-6-2-4-15-7(6)8(12)10(13,14)17-9(18)16-5-3-11/h2,4,8,15H,3,5H2,1H3,(H2,16,17,18). The van der Waals surface area contributed by atoms with Crippen LogP contribution >= 0.6 is 11.6 Å². The van der Waals surface area contributed by atoms with Crippen molar-refractivity contribution in [3.05, 3.63) is 23.5 Å². The molecule has 0 saturated heterocycles. The number of rotatable bonds is 5. The average Bonchev–Trinajstić information content (AvgIpc) is 2.71. The number of amides is 2. The Bertz CT molecular complexity index is 411. The fourth-order valence-electron chi connectivity index (χ4n) is 1.33. The first kappa shape index (κ1) is 14.7. The minimum absolute atomic E-state index is 0.0158. The van der Waals surface area contributed by atoms with Crippen LogP contribution in [-0.2, 0) is 0 Å². The summed E-state index contributed by atoms with van der Waals surface area (Å²) in [5.74, 6) is 0.0772. The van der Waals surface area contributed by atoms with Crippen LogP contribution < -0.4 is 10.6 Å². The minimum atomic E-state index is -4.01. The Balaban J connectivity index is 2.68. The van der Waals surface area contributed by atoms with Crippen LogP contribution in [0.3, 0.4) is 0 Å². The topological polar surface area (TPSA) is 56.9 Å². The Labute approximate surface area is 107 Å². The first-order valence-electron chi connectivity index (χ1n) is 5.16. The molecule has 18 heavy (non-hydrogen) atoms. The number of H-pyrrole nitrogens is 1. The smallest absolute Gasteiger partial charge is 0.362 e. The van der Waals surface area contributed by atoms with Crippen molar-refractivity contribution in [2.24, 2.45) is 0 Å². The van der Waals surface area contributed by atoms with E-state index in [9.17, 15) is 18.0 Å². The van der Waals surface area contributed by atoms with Crippen molar-refractivity contribution >= 4 is 17.6 Å². The first-order chi connectivity index (χ1) is 8.38. The number of hydrogen-bond acceptors (Lipinski definition) is 1. The summed E-state index contributed by atoms with van der Waals surface area (Å²) < 4.78 is 40.5. The van der Waals surface area contributed by atoms with Gasteiger partial charge < -0.3 is 10.3 Å². The fourth-order valence-corrected chi connectivity index (χ4v) is 1.43. The zero-order chi connectivity index (χ0) is 13.8. The molecule has 1 unspecified atom stereocenters. The molecular weight excluding hydrogens is 271 g/mol. The third-order valence-corrected chi connectivity index (χ3v) is 2.42. The molecule has 4 nitrogen and oxygen atoms in total. The van der Waals surface area contributed by atoms with Gasteiger partial charge in [0.25, 0.3) is 0 Å². The Kier molecular flexibility index (Phi) is 4.89. The first-order valence-corrected chi connectivity index (χ1v) is 5.69. The highest BCUT2D eigenvalue weighted by molar-refractivity contribution is 6.18. The maximum absolute atomic E-state index is 13.6. The van der Waals surface area contributed by atoms with E-state index < -0.39 is 18.2 Å². The molecular formula is C10H13ClF3N3O. The molecule has 0 aliphatic carbocycles. The summed E-state index contributed by atoms with van der Waals surface area (Å²) in [6.45, 7) is 1.50. The molecule has 8 heteroatoms. The lowest BCUT2D eigenvalue weighted by molar-refractivity contribution is -0.0930. The molecule has 0 aromatic carbocycles. The van der Waals surface area contributed by atoms with Gasteiger partial charge in [0.1, 0.15) is 0 Å². The second-order valence-corrected chi connectivity index (χ2v) is 4.01. The Morgan fingerprint density at radius 1 is 1.61 bits per heavy atom. The number of carbonyl (C=O) groups excluding carboxylic acids is 1. The summed E-state index contributed by atoms with van der Waals surface area (Å²) in [5, 5.41) is 3.33. The number of urea groups is 1. The normalized spacial score (nSPS) is 13.2. The zero-order valence-corrected chi connectivity index (χ0v) is 10.3. The number of aromatic nitrogens is 1. The maximum atomic E-state index is 13.6. The van der Waals surface area contributed by atoms with Gasteiger partial charge in [-0.1, -0.05) is 0 Å². The number of hydrogen-bond donors (Lipinski definition) is 3. The van der Waals surface area contributed by atoms with E-state index in [1.807, 2.05) is 0 Å². The molecule has 0 aliphatic heterocycles. The summed E-state index contributed by atoms with van der Waals surface area (Å²) >= 11 is 5.27. The SMILES string of the molecule is Cc1cc[nH]c1C(F)C(F)(F)NC(=O)NCCCl. The van der Waals surface area contributed by atoms with E-state index in [0.717, 1.165) is 0 Å². The summed E-state index contributed by atoms with van der Waals surface area (Å²) in [5.41, 5.74) is 0.0859. The highest BCUT2D eigenvalue weighted by atomic mass is 35.5. The van der Waals surface area contributed by atoms with E-state index in [4.69, 9.17) is 11.6 Å². The molecule has 1 rings (SSSR count). The van der Waals surface area contributed by atoms with E-state index in [1.165, 1.54) is 24.5 Å². The summed E-state index contributed by atoms with van der Waals surface area (Å²) in [6, 6.07) is -3.72. The lowest BCUT2D eigenvalue weighted by Gasteiger charge is -2.21. The van der Waals surface area contributed by atoms with Gasteiger partial charge in [-0.3, -0.25) is 5.32 Å². The highest BCUT2D eigenvalue weighted by Crippen LogP contribution is 2.33. The van der Waals surface area contributed by atoms with Gasteiger partial charge in [-0.05, 0) is 18.6 Å². The van der Waals surface area contributed by atoms with E-state index in [0.29, 0.717) is 5.56 Å². The van der Waals surface area contributed by atoms with Crippen molar-refractivity contribution in [3.8, 4) is 0 Å². The molecule has 0 fully saturated rings. The average molecular weight is 284 g/mol. The second kappa shape index (κ2) is 5.99. The summed E-state index contributed by atoms with van der Waals surface area (Å²) in [4.78, 5) is 13.4. The molecule has 3 N–H and O–H groups in total. The van der Waals surface area contributed by atoms with E-state index in [1.54, 1.807) is 0 Å². The molecule has 102 valence electrons. The molecule has 1 heterocycles. The quantitative estimate of drug-likeness (QED) is 0.564. The van der Waals surface area contributed by atoms with Crippen LogP contribution in [0.4, 0.5) is 18.0 Å². The largest absolute Gasteiger partial charge is 0.363 e. The number of alkyl halides is 4. The highest BCUT2D eigenvalue weighted by Gasteiger charge is 2.44. The summed E-state index contributed by atoms with van der Waals surface area (Å²) in [7, 11) is 0. The third kappa shape index (κ3) is 3.56. The molecule has 1 aromatic rings. The van der Waals surface area contributed by atoms with Crippen LogP contribution in [0.2, 0.25) is 0 Å². The van der Waals surface area contributed by atoms with Gasteiger partial charge in [0.2, 0.25) is 6.17 Å². The van der Waals surface area contributed by atoms with Crippen molar-refractivity contribution in [1.82, 2.24) is 15.6 Å². The van der Waals surface area contributed by atoms with Crippen LogP contribution in [-0.4, -0.2) is 29.5 Å². The van der Waals surface area contributed by atoms with E-state index in [-0.39, 0.29) is 18.1 Å². The number of halogens is 4. The van der Waals surface area contributed by atoms with Crippen LogP contribution in [0.25, 0.3) is 0 Å². The van der Waals surface area contributed by atoms with Gasteiger partial charge in [-0.15, -0.1) is 11.6 Å². The van der Waals surface area contributed by atoms with Gasteiger partial charge >= 0.3 is 12.1 Å². The Hall–Kier alpha value is -1.37. The molecule has 1 aromatic heterocycles. The van der Waals surface area contributed by atoms with Gasteiger partial charge in [0, 0.05) is 18.6 Å². The molecule has 0 spiro atoms. The van der Waals surface area contributed by atoms with E-state index in [2.05, 4.69) is 10.3 Å². The minimum Gasteiger partial charge on any atom is -0.362 e. The lowest BCUT2D eigenvalue weighted by Crippen LogP contribution is -2.49. The molecule has 1 atom stereocenters. The Morgan fingerprint density at radius 3 is 2.78 bits per heavy atom. The van der Waals surface area contributed by atoms with E-state index >= 15 is 0 Å². The number of nitrogens with one attached hydrogen (secondary N) is 3. The van der Waals surface area contributed by atoms with Crippen LogP contribution in [0.15, 0.2) is 12.3 Å². The fraction of sp³-hybridized carbons (Fsp3) is 0.500. The van der Waals surface area contributed by atoms with Crippen molar-refractivity contribution in [1.29, 1.82) is 0 Å². The maximum Gasteiger partial charge on any atom is 0.363 e. The number of aromatic amines is 1. The van der Waals surface area contributed by atoms with Crippen molar-refractivity contribution in [2.45, 2.75) is 19.1 Å². The molecule has 0 aliphatic rings. The van der Waals surface area contributed by atoms with Gasteiger partial charge in [0.05, 0.1) is 5.69 Å². The van der Waals surface area contributed by atoms with Crippen LogP contribution in [0.1, 0.15) is 17.4 Å². The van der Waals surface area contributed by atoms with Gasteiger partial charge in [-0.25, -0.2) is 9.18 Å². The third-order valence-electron chi connectivity index (χ3n) is 2.23. The van der Waals surface area contributed by atoms with Gasteiger partial charge in [0.15, 0.2) is 0 Å².